The van der Waals surface area contributed by atoms with Gasteiger partial charge in [-0.25, -0.2) is 0 Å². The molecule has 4 rings (SSSR count). The van der Waals surface area contributed by atoms with Crippen LogP contribution in [0.1, 0.15) is 36.3 Å². The van der Waals surface area contributed by atoms with Gasteiger partial charge in [0.2, 0.25) is 11.8 Å². The van der Waals surface area contributed by atoms with Crippen LogP contribution in [-0.2, 0) is 16.0 Å². The summed E-state index contributed by atoms with van der Waals surface area (Å²) in [6.07, 6.45) is 3.47. The minimum atomic E-state index is -0.177. The van der Waals surface area contributed by atoms with Crippen molar-refractivity contribution in [3.8, 4) is 5.75 Å². The Hall–Kier alpha value is -2.82. The topological polar surface area (TPSA) is 58.6 Å². The standard InChI is InChI=1S/C25H30N2O3/c1-30-23-10-6-5-9-19(23)13-14-26-24(28)22-15-21(18-7-3-2-4-8-18)16-27(17-22)25(29)20-11-12-20/h2-10,20-22H,11-17H2,1H3,(H,26,28)/t21-,22-/m1/s1. The first-order chi connectivity index (χ1) is 14.7. The van der Waals surface area contributed by atoms with Gasteiger partial charge in [-0.15, -0.1) is 0 Å². The second-order valence-electron chi connectivity index (χ2n) is 8.41. The number of nitrogens with zero attached hydrogens (tertiary/aromatic N) is 1. The van der Waals surface area contributed by atoms with Crippen LogP contribution in [-0.4, -0.2) is 43.5 Å². The van der Waals surface area contributed by atoms with Crippen molar-refractivity contribution in [1.82, 2.24) is 10.2 Å². The molecule has 2 aliphatic rings. The molecular formula is C25H30N2O3. The summed E-state index contributed by atoms with van der Waals surface area (Å²) in [5.74, 6) is 1.31. The minimum absolute atomic E-state index is 0.0409. The molecule has 1 aliphatic heterocycles. The Morgan fingerprint density at radius 3 is 2.47 bits per heavy atom. The van der Waals surface area contributed by atoms with Crippen molar-refractivity contribution in [2.24, 2.45) is 11.8 Å². The van der Waals surface area contributed by atoms with E-state index in [9.17, 15) is 9.59 Å². The lowest BCUT2D eigenvalue weighted by atomic mass is 9.84. The zero-order valence-corrected chi connectivity index (χ0v) is 17.5. The smallest absolute Gasteiger partial charge is 0.225 e. The Morgan fingerprint density at radius 1 is 1.00 bits per heavy atom. The molecule has 2 aromatic rings. The van der Waals surface area contributed by atoms with Gasteiger partial charge in [-0.05, 0) is 42.9 Å². The minimum Gasteiger partial charge on any atom is -0.496 e. The molecule has 158 valence electrons. The number of hydrogen-bond donors (Lipinski definition) is 1. The van der Waals surface area contributed by atoms with Crippen molar-refractivity contribution in [3.63, 3.8) is 0 Å². The number of hydrogen-bond acceptors (Lipinski definition) is 3. The largest absolute Gasteiger partial charge is 0.496 e. The highest BCUT2D eigenvalue weighted by Gasteiger charge is 2.39. The van der Waals surface area contributed by atoms with Crippen molar-refractivity contribution in [2.45, 2.75) is 31.6 Å². The van der Waals surface area contributed by atoms with Crippen LogP contribution in [0.3, 0.4) is 0 Å². The molecule has 30 heavy (non-hydrogen) atoms. The van der Waals surface area contributed by atoms with E-state index in [4.69, 9.17) is 4.74 Å². The average Bonchev–Trinajstić information content (AvgIpc) is 3.64. The van der Waals surface area contributed by atoms with Gasteiger partial charge in [0.15, 0.2) is 0 Å². The Morgan fingerprint density at radius 2 is 1.73 bits per heavy atom. The number of carbonyl (C=O) groups is 2. The number of likely N-dealkylation sites (tertiary alicyclic amines) is 1. The van der Waals surface area contributed by atoms with E-state index in [1.54, 1.807) is 7.11 Å². The van der Waals surface area contributed by atoms with E-state index < -0.39 is 0 Å². The molecule has 2 fully saturated rings. The number of rotatable bonds is 7. The highest BCUT2D eigenvalue weighted by atomic mass is 16.5. The Balaban J connectivity index is 1.40. The maximum atomic E-state index is 13.0. The fraction of sp³-hybridized carbons (Fsp3) is 0.440. The second kappa shape index (κ2) is 9.33. The molecule has 1 heterocycles. The number of methoxy groups -OCH3 is 1. The molecule has 0 unspecified atom stereocenters. The first-order valence-electron chi connectivity index (χ1n) is 10.9. The van der Waals surface area contributed by atoms with Gasteiger partial charge in [0.05, 0.1) is 13.0 Å². The van der Waals surface area contributed by atoms with E-state index in [1.165, 1.54) is 5.56 Å². The predicted octanol–water partition coefficient (Wildman–Crippen LogP) is 3.40. The lowest BCUT2D eigenvalue weighted by molar-refractivity contribution is -0.137. The molecule has 2 amide bonds. The Labute approximate surface area is 178 Å². The predicted molar refractivity (Wildman–Crippen MR) is 116 cm³/mol. The molecule has 0 radical (unpaired) electrons. The molecule has 5 nitrogen and oxygen atoms in total. The zero-order valence-electron chi connectivity index (χ0n) is 17.5. The number of amides is 2. The molecule has 5 heteroatoms. The SMILES string of the molecule is COc1ccccc1CCNC(=O)[C@@H]1C[C@@H](c2ccccc2)CN(C(=O)C2CC2)C1. The van der Waals surface area contributed by atoms with Gasteiger partial charge in [0.25, 0.3) is 0 Å². The van der Waals surface area contributed by atoms with E-state index in [0.717, 1.165) is 37.0 Å². The lowest BCUT2D eigenvalue weighted by Gasteiger charge is -2.37. The van der Waals surface area contributed by atoms with Gasteiger partial charge in [-0.3, -0.25) is 9.59 Å². The van der Waals surface area contributed by atoms with E-state index >= 15 is 0 Å². The number of carbonyl (C=O) groups excluding carboxylic acids is 2. The van der Waals surface area contributed by atoms with Crippen molar-refractivity contribution in [3.05, 3.63) is 65.7 Å². The van der Waals surface area contributed by atoms with Crippen LogP contribution in [0.4, 0.5) is 0 Å². The third kappa shape index (κ3) is 4.84. The molecule has 1 N–H and O–H groups in total. The van der Waals surface area contributed by atoms with Gasteiger partial charge in [-0.1, -0.05) is 48.5 Å². The number of piperidine rings is 1. The maximum absolute atomic E-state index is 13.0. The van der Waals surface area contributed by atoms with Gasteiger partial charge < -0.3 is 15.0 Å². The number of nitrogens with one attached hydrogen (secondary N) is 1. The molecule has 1 saturated heterocycles. The normalized spacial score (nSPS) is 21.2. The van der Waals surface area contributed by atoms with E-state index in [2.05, 4.69) is 17.4 Å². The van der Waals surface area contributed by atoms with Crippen molar-refractivity contribution < 1.29 is 14.3 Å². The summed E-state index contributed by atoms with van der Waals surface area (Å²) in [6, 6.07) is 18.1. The highest BCUT2D eigenvalue weighted by Crippen LogP contribution is 2.36. The van der Waals surface area contributed by atoms with E-state index in [1.807, 2.05) is 47.4 Å². The van der Waals surface area contributed by atoms with E-state index in [0.29, 0.717) is 19.6 Å². The number of benzene rings is 2. The Bertz CT molecular complexity index is 879. The summed E-state index contributed by atoms with van der Waals surface area (Å²) < 4.78 is 5.39. The molecule has 0 aromatic heterocycles. The third-order valence-corrected chi connectivity index (χ3v) is 6.22. The van der Waals surface area contributed by atoms with Gasteiger partial charge in [0, 0.05) is 31.5 Å². The molecule has 2 aromatic carbocycles. The Kier molecular flexibility index (Phi) is 6.36. The number of ether oxygens (including phenoxy) is 1. The van der Waals surface area contributed by atoms with Gasteiger partial charge in [0.1, 0.15) is 5.75 Å². The molecule has 1 saturated carbocycles. The average molecular weight is 407 g/mol. The van der Waals surface area contributed by atoms with Crippen LogP contribution in [0.5, 0.6) is 5.75 Å². The first kappa shape index (κ1) is 20.5. The van der Waals surface area contributed by atoms with Crippen LogP contribution in [0.15, 0.2) is 54.6 Å². The summed E-state index contributed by atoms with van der Waals surface area (Å²) in [7, 11) is 1.66. The molecule has 0 spiro atoms. The molecular weight excluding hydrogens is 376 g/mol. The van der Waals surface area contributed by atoms with Gasteiger partial charge >= 0.3 is 0 Å². The fourth-order valence-corrected chi connectivity index (χ4v) is 4.40. The zero-order chi connectivity index (χ0) is 20.9. The number of para-hydroxylation sites is 1. The van der Waals surface area contributed by atoms with Gasteiger partial charge in [-0.2, -0.15) is 0 Å². The van der Waals surface area contributed by atoms with Crippen molar-refractivity contribution in [2.75, 3.05) is 26.7 Å². The molecule has 1 aliphatic carbocycles. The summed E-state index contributed by atoms with van der Waals surface area (Å²) in [4.78, 5) is 27.7. The van der Waals surface area contributed by atoms with Crippen molar-refractivity contribution in [1.29, 1.82) is 0 Å². The fourth-order valence-electron chi connectivity index (χ4n) is 4.40. The monoisotopic (exact) mass is 406 g/mol. The van der Waals surface area contributed by atoms with Crippen LogP contribution in [0.25, 0.3) is 0 Å². The quantitative estimate of drug-likeness (QED) is 0.767. The molecule has 0 bridgehead atoms. The van der Waals surface area contributed by atoms with Crippen LogP contribution in [0.2, 0.25) is 0 Å². The second-order valence-corrected chi connectivity index (χ2v) is 8.41. The lowest BCUT2D eigenvalue weighted by Crippen LogP contribution is -2.48. The van der Waals surface area contributed by atoms with Crippen molar-refractivity contribution >= 4 is 11.8 Å². The maximum Gasteiger partial charge on any atom is 0.225 e. The first-order valence-corrected chi connectivity index (χ1v) is 10.9. The summed E-state index contributed by atoms with van der Waals surface area (Å²) in [5.41, 5.74) is 2.29. The summed E-state index contributed by atoms with van der Waals surface area (Å²) in [5, 5.41) is 3.10. The van der Waals surface area contributed by atoms with Crippen LogP contribution in [0, 0.1) is 11.8 Å². The van der Waals surface area contributed by atoms with E-state index in [-0.39, 0.29) is 29.6 Å². The summed E-state index contributed by atoms with van der Waals surface area (Å²) >= 11 is 0. The summed E-state index contributed by atoms with van der Waals surface area (Å²) in [6.45, 7) is 1.80. The molecule has 2 atom stereocenters. The van der Waals surface area contributed by atoms with Crippen LogP contribution >= 0.6 is 0 Å². The van der Waals surface area contributed by atoms with Crippen LogP contribution < -0.4 is 10.1 Å². The highest BCUT2D eigenvalue weighted by molar-refractivity contribution is 5.83. The third-order valence-electron chi connectivity index (χ3n) is 6.22.